The van der Waals surface area contributed by atoms with E-state index >= 15 is 0 Å². The van der Waals surface area contributed by atoms with Crippen molar-refractivity contribution in [3.05, 3.63) is 42.1 Å². The predicted molar refractivity (Wildman–Crippen MR) is 80.6 cm³/mol. The van der Waals surface area contributed by atoms with Crippen LogP contribution in [0.15, 0.2) is 35.2 Å². The quantitative estimate of drug-likeness (QED) is 0.842. The summed E-state index contributed by atoms with van der Waals surface area (Å²) in [6.45, 7) is 5.28. The summed E-state index contributed by atoms with van der Waals surface area (Å²) in [5.74, 6) is 2.57. The van der Waals surface area contributed by atoms with Crippen LogP contribution in [0.2, 0.25) is 0 Å². The monoisotopic (exact) mass is 298 g/mol. The van der Waals surface area contributed by atoms with Crippen molar-refractivity contribution in [3.63, 3.8) is 0 Å². The molecule has 114 valence electrons. The van der Waals surface area contributed by atoms with Crippen LogP contribution in [0.25, 0.3) is 0 Å². The largest absolute Gasteiger partial charge is 0.469 e. The Bertz CT molecular complexity index is 670. The van der Waals surface area contributed by atoms with E-state index < -0.39 is 0 Å². The molecule has 2 fully saturated rings. The Morgan fingerprint density at radius 1 is 1.18 bits per heavy atom. The Morgan fingerprint density at radius 3 is 2.45 bits per heavy atom. The molecule has 22 heavy (non-hydrogen) atoms. The normalized spacial score (nSPS) is 23.9. The van der Waals surface area contributed by atoms with Crippen LogP contribution in [0.3, 0.4) is 0 Å². The second-order valence-electron chi connectivity index (χ2n) is 6.07. The molecule has 2 aromatic heterocycles. The molecule has 6 heteroatoms. The number of nitrogens with zero attached hydrogens (tertiary/aromatic N) is 4. The number of hydrogen-bond acceptors (Lipinski definition) is 5. The average molecular weight is 298 g/mol. The molecule has 0 aromatic carbocycles. The van der Waals surface area contributed by atoms with E-state index in [0.717, 1.165) is 32.1 Å². The van der Waals surface area contributed by atoms with Crippen LogP contribution in [-0.4, -0.2) is 47.0 Å². The Hall–Kier alpha value is -2.37. The number of rotatable bonds is 2. The highest BCUT2D eigenvalue weighted by molar-refractivity contribution is 5.95. The summed E-state index contributed by atoms with van der Waals surface area (Å²) in [5.41, 5.74) is 0.684. The molecule has 4 heterocycles. The van der Waals surface area contributed by atoms with E-state index in [2.05, 4.69) is 14.9 Å². The van der Waals surface area contributed by atoms with Gasteiger partial charge in [0.2, 0.25) is 5.95 Å². The Labute approximate surface area is 128 Å². The lowest BCUT2D eigenvalue weighted by Gasteiger charge is -2.21. The molecule has 1 amide bonds. The zero-order chi connectivity index (χ0) is 15.1. The molecule has 2 aliphatic heterocycles. The highest BCUT2D eigenvalue weighted by atomic mass is 16.3. The third-order valence-corrected chi connectivity index (χ3v) is 4.70. The summed E-state index contributed by atoms with van der Waals surface area (Å²) in [6, 6.07) is 3.59. The van der Waals surface area contributed by atoms with Gasteiger partial charge in [0.25, 0.3) is 5.91 Å². The molecule has 0 bridgehead atoms. The lowest BCUT2D eigenvalue weighted by Crippen LogP contribution is -2.33. The molecule has 6 nitrogen and oxygen atoms in total. The van der Waals surface area contributed by atoms with Crippen LogP contribution in [0.1, 0.15) is 16.1 Å². The number of carbonyl (C=O) groups excluding carboxylic acids is 1. The molecular weight excluding hydrogens is 280 g/mol. The number of hydrogen-bond donors (Lipinski definition) is 0. The molecule has 4 rings (SSSR count). The van der Waals surface area contributed by atoms with Crippen molar-refractivity contribution in [3.8, 4) is 0 Å². The molecule has 2 saturated heterocycles. The van der Waals surface area contributed by atoms with Gasteiger partial charge in [-0.3, -0.25) is 4.79 Å². The Kier molecular flexibility index (Phi) is 3.10. The van der Waals surface area contributed by atoms with Gasteiger partial charge >= 0.3 is 0 Å². The number of likely N-dealkylation sites (tertiary alicyclic amines) is 1. The first kappa shape index (κ1) is 13.3. The fourth-order valence-electron chi connectivity index (χ4n) is 3.55. The van der Waals surface area contributed by atoms with Crippen molar-refractivity contribution in [1.29, 1.82) is 0 Å². The molecule has 0 spiro atoms. The molecule has 2 aromatic rings. The minimum Gasteiger partial charge on any atom is -0.469 e. The first-order chi connectivity index (χ1) is 10.7. The maximum atomic E-state index is 12.5. The predicted octanol–water partition coefficient (Wildman–Crippen LogP) is 1.59. The van der Waals surface area contributed by atoms with Gasteiger partial charge in [-0.25, -0.2) is 9.97 Å². The van der Waals surface area contributed by atoms with E-state index in [1.165, 1.54) is 0 Å². The number of fused-ring (bicyclic) bond motifs is 1. The highest BCUT2D eigenvalue weighted by Crippen LogP contribution is 2.33. The third-order valence-electron chi connectivity index (χ3n) is 4.70. The number of carbonyl (C=O) groups is 1. The van der Waals surface area contributed by atoms with E-state index in [0.29, 0.717) is 23.2 Å². The minimum atomic E-state index is 0.0863. The fourth-order valence-corrected chi connectivity index (χ4v) is 3.55. The van der Waals surface area contributed by atoms with Crippen molar-refractivity contribution in [2.45, 2.75) is 6.92 Å². The van der Waals surface area contributed by atoms with Crippen molar-refractivity contribution in [2.75, 3.05) is 31.1 Å². The maximum absolute atomic E-state index is 12.5. The van der Waals surface area contributed by atoms with Gasteiger partial charge in [-0.2, -0.15) is 0 Å². The lowest BCUT2D eigenvalue weighted by molar-refractivity contribution is 0.0781. The van der Waals surface area contributed by atoms with Crippen LogP contribution in [0, 0.1) is 18.8 Å². The molecule has 0 N–H and O–H groups in total. The van der Waals surface area contributed by atoms with Gasteiger partial charge in [-0.1, -0.05) is 0 Å². The van der Waals surface area contributed by atoms with Crippen LogP contribution >= 0.6 is 0 Å². The van der Waals surface area contributed by atoms with Crippen LogP contribution < -0.4 is 4.90 Å². The topological polar surface area (TPSA) is 62.5 Å². The summed E-state index contributed by atoms with van der Waals surface area (Å²) in [5, 5.41) is 0. The summed E-state index contributed by atoms with van der Waals surface area (Å²) in [7, 11) is 0. The molecule has 0 unspecified atom stereocenters. The number of furan rings is 1. The van der Waals surface area contributed by atoms with Crippen molar-refractivity contribution in [1.82, 2.24) is 14.9 Å². The van der Waals surface area contributed by atoms with E-state index in [1.54, 1.807) is 24.7 Å². The van der Waals surface area contributed by atoms with Gasteiger partial charge in [-0.05, 0) is 19.1 Å². The van der Waals surface area contributed by atoms with Gasteiger partial charge < -0.3 is 14.2 Å². The van der Waals surface area contributed by atoms with Gasteiger partial charge in [0.05, 0.1) is 11.8 Å². The second-order valence-corrected chi connectivity index (χ2v) is 6.07. The van der Waals surface area contributed by atoms with Gasteiger partial charge in [-0.15, -0.1) is 0 Å². The molecule has 0 radical (unpaired) electrons. The first-order valence-corrected chi connectivity index (χ1v) is 7.57. The number of aromatic nitrogens is 2. The second kappa shape index (κ2) is 5.12. The maximum Gasteiger partial charge on any atom is 0.257 e. The number of aryl methyl sites for hydroxylation is 1. The molecule has 2 aliphatic rings. The van der Waals surface area contributed by atoms with E-state index in [-0.39, 0.29) is 5.91 Å². The average Bonchev–Trinajstić information content (AvgIpc) is 3.21. The van der Waals surface area contributed by atoms with E-state index in [1.807, 2.05) is 17.9 Å². The van der Waals surface area contributed by atoms with Crippen molar-refractivity contribution < 1.29 is 9.21 Å². The highest BCUT2D eigenvalue weighted by Gasteiger charge is 2.42. The van der Waals surface area contributed by atoms with Crippen molar-refractivity contribution in [2.24, 2.45) is 11.8 Å². The molecular formula is C16H18N4O2. The van der Waals surface area contributed by atoms with Gasteiger partial charge in [0, 0.05) is 50.4 Å². The van der Waals surface area contributed by atoms with E-state index in [9.17, 15) is 4.79 Å². The molecule has 0 saturated carbocycles. The fraction of sp³-hybridized carbons (Fsp3) is 0.438. The third kappa shape index (κ3) is 2.15. The van der Waals surface area contributed by atoms with Crippen LogP contribution in [0.5, 0.6) is 0 Å². The first-order valence-electron chi connectivity index (χ1n) is 7.57. The number of amides is 1. The Balaban J connectivity index is 1.44. The lowest BCUT2D eigenvalue weighted by atomic mass is 10.0. The summed E-state index contributed by atoms with van der Waals surface area (Å²) >= 11 is 0. The SMILES string of the molecule is Cc1occc1C(=O)N1C[C@@H]2CN(c3ncccn3)C[C@@H]2C1. The van der Waals surface area contributed by atoms with Gasteiger partial charge in [0.15, 0.2) is 0 Å². The Morgan fingerprint density at radius 2 is 1.86 bits per heavy atom. The zero-order valence-corrected chi connectivity index (χ0v) is 12.5. The zero-order valence-electron chi connectivity index (χ0n) is 12.5. The summed E-state index contributed by atoms with van der Waals surface area (Å²) < 4.78 is 5.24. The van der Waals surface area contributed by atoms with Crippen LogP contribution in [-0.2, 0) is 0 Å². The number of anilines is 1. The molecule has 0 aliphatic carbocycles. The van der Waals surface area contributed by atoms with Crippen molar-refractivity contribution >= 4 is 11.9 Å². The smallest absolute Gasteiger partial charge is 0.257 e. The molecule has 2 atom stereocenters. The summed E-state index contributed by atoms with van der Waals surface area (Å²) in [4.78, 5) is 25.3. The summed E-state index contributed by atoms with van der Waals surface area (Å²) in [6.07, 6.45) is 5.12. The van der Waals surface area contributed by atoms with Gasteiger partial charge in [0.1, 0.15) is 5.76 Å². The standard InChI is InChI=1S/C16H18N4O2/c1-11-14(3-6-22-11)15(21)19-7-12-9-20(10-13(12)8-19)16-17-4-2-5-18-16/h2-6,12-13H,7-10H2,1H3/t12-,13+. The van der Waals surface area contributed by atoms with E-state index in [4.69, 9.17) is 4.42 Å². The minimum absolute atomic E-state index is 0.0863. The van der Waals surface area contributed by atoms with Crippen LogP contribution in [0.4, 0.5) is 5.95 Å².